The van der Waals surface area contributed by atoms with Crippen LogP contribution in [0.4, 0.5) is 4.79 Å². The van der Waals surface area contributed by atoms with Gasteiger partial charge in [-0.1, -0.05) is 12.1 Å². The summed E-state index contributed by atoms with van der Waals surface area (Å²) in [6.07, 6.45) is 0. The normalized spacial score (nSPS) is 10.6. The molecule has 7 heteroatoms. The van der Waals surface area contributed by atoms with Crippen LogP contribution in [-0.4, -0.2) is 52.3 Å². The van der Waals surface area contributed by atoms with Crippen molar-refractivity contribution < 1.29 is 9.59 Å². The highest BCUT2D eigenvalue weighted by Gasteiger charge is 2.15. The molecule has 21 heavy (non-hydrogen) atoms. The number of nitrogens with two attached hydrogens (primary N) is 1. The molecule has 1 heterocycles. The lowest BCUT2D eigenvalue weighted by molar-refractivity contribution is -0.130. The van der Waals surface area contributed by atoms with Crippen LogP contribution in [0.25, 0.3) is 11.0 Å². The monoisotopic (exact) mass is 289 g/mol. The second-order valence-electron chi connectivity index (χ2n) is 5.10. The molecule has 0 bridgehead atoms. The van der Waals surface area contributed by atoms with Gasteiger partial charge in [0.25, 0.3) is 0 Å². The highest BCUT2D eigenvalue weighted by molar-refractivity contribution is 5.83. The number of H-pyrrole nitrogens is 1. The molecule has 0 radical (unpaired) electrons. The van der Waals surface area contributed by atoms with E-state index in [9.17, 15) is 9.59 Å². The zero-order valence-corrected chi connectivity index (χ0v) is 12.4. The molecule has 0 aliphatic heterocycles. The number of para-hydroxylation sites is 1. The standard InChI is InChI=1S/C14H19N5O2/c1-9-5-4-6-10-13(9)17-11(16-10)7-18(2)12(20)8-19(3)14(15)21/h4-6H,7-8H2,1-3H3,(H2,15,21)(H,16,17). The van der Waals surface area contributed by atoms with Crippen LogP contribution in [0.3, 0.4) is 0 Å². The van der Waals surface area contributed by atoms with Crippen LogP contribution in [-0.2, 0) is 11.3 Å². The number of hydrogen-bond donors (Lipinski definition) is 2. The van der Waals surface area contributed by atoms with E-state index in [2.05, 4.69) is 9.97 Å². The SMILES string of the molecule is Cc1cccc2[nH]c(CN(C)C(=O)CN(C)C(N)=O)nc12. The van der Waals surface area contributed by atoms with Gasteiger partial charge in [0.1, 0.15) is 12.4 Å². The van der Waals surface area contributed by atoms with Crippen molar-refractivity contribution >= 4 is 23.0 Å². The fourth-order valence-corrected chi connectivity index (χ4v) is 2.02. The number of carbonyl (C=O) groups excluding carboxylic acids is 2. The van der Waals surface area contributed by atoms with E-state index in [4.69, 9.17) is 5.73 Å². The molecule has 3 amide bonds. The lowest BCUT2D eigenvalue weighted by Gasteiger charge is -2.19. The summed E-state index contributed by atoms with van der Waals surface area (Å²) >= 11 is 0. The van der Waals surface area contributed by atoms with Crippen molar-refractivity contribution in [1.82, 2.24) is 19.8 Å². The highest BCUT2D eigenvalue weighted by Crippen LogP contribution is 2.16. The molecule has 0 aliphatic carbocycles. The van der Waals surface area contributed by atoms with Crippen molar-refractivity contribution in [3.8, 4) is 0 Å². The van der Waals surface area contributed by atoms with Crippen molar-refractivity contribution in [2.45, 2.75) is 13.5 Å². The predicted molar refractivity (Wildman–Crippen MR) is 79.5 cm³/mol. The zero-order chi connectivity index (χ0) is 15.6. The molecule has 1 aromatic carbocycles. The van der Waals surface area contributed by atoms with Crippen LogP contribution < -0.4 is 5.73 Å². The number of rotatable bonds is 4. The molecule has 2 rings (SSSR count). The van der Waals surface area contributed by atoms with E-state index in [1.165, 1.54) is 16.8 Å². The number of likely N-dealkylation sites (N-methyl/N-ethyl adjacent to an activating group) is 2. The van der Waals surface area contributed by atoms with E-state index in [-0.39, 0.29) is 12.5 Å². The summed E-state index contributed by atoms with van der Waals surface area (Å²) in [6.45, 7) is 2.29. The molecular weight excluding hydrogens is 270 g/mol. The van der Waals surface area contributed by atoms with Crippen LogP contribution in [0.1, 0.15) is 11.4 Å². The highest BCUT2D eigenvalue weighted by atomic mass is 16.2. The zero-order valence-electron chi connectivity index (χ0n) is 12.4. The second kappa shape index (κ2) is 5.82. The molecule has 0 spiro atoms. The van der Waals surface area contributed by atoms with Crippen LogP contribution in [0.15, 0.2) is 18.2 Å². The molecule has 112 valence electrons. The largest absolute Gasteiger partial charge is 0.351 e. The number of amides is 3. The first-order chi connectivity index (χ1) is 9.88. The fraction of sp³-hybridized carbons (Fsp3) is 0.357. The third-order valence-electron chi connectivity index (χ3n) is 3.32. The van der Waals surface area contributed by atoms with E-state index in [1.54, 1.807) is 7.05 Å². The summed E-state index contributed by atoms with van der Waals surface area (Å²) in [7, 11) is 3.15. The molecule has 0 saturated carbocycles. The van der Waals surface area contributed by atoms with Crippen LogP contribution >= 0.6 is 0 Å². The van der Waals surface area contributed by atoms with Gasteiger partial charge in [0.15, 0.2) is 0 Å². The number of aromatic nitrogens is 2. The number of nitrogens with one attached hydrogen (secondary N) is 1. The minimum absolute atomic E-state index is 0.0505. The fourth-order valence-electron chi connectivity index (χ4n) is 2.02. The maximum absolute atomic E-state index is 12.0. The Kier molecular flexibility index (Phi) is 4.11. The molecule has 3 N–H and O–H groups in total. The average molecular weight is 289 g/mol. The third kappa shape index (κ3) is 3.31. The molecule has 0 fully saturated rings. The minimum atomic E-state index is -0.629. The van der Waals surface area contributed by atoms with Gasteiger partial charge in [0.05, 0.1) is 17.6 Å². The summed E-state index contributed by atoms with van der Waals surface area (Å²) in [4.78, 5) is 33.3. The summed E-state index contributed by atoms with van der Waals surface area (Å²) in [5.41, 5.74) is 8.03. The lowest BCUT2D eigenvalue weighted by Crippen LogP contribution is -2.41. The van der Waals surface area contributed by atoms with E-state index in [1.807, 2.05) is 25.1 Å². The first-order valence-electron chi connectivity index (χ1n) is 6.57. The predicted octanol–water partition coefficient (Wildman–Crippen LogP) is 0.840. The summed E-state index contributed by atoms with van der Waals surface area (Å²) in [6, 6.07) is 5.26. The van der Waals surface area contributed by atoms with Gasteiger partial charge in [-0.05, 0) is 18.6 Å². The maximum atomic E-state index is 12.0. The number of nitrogens with zero attached hydrogens (tertiary/aromatic N) is 3. The van der Waals surface area contributed by atoms with Crippen molar-refractivity contribution in [1.29, 1.82) is 0 Å². The molecule has 7 nitrogen and oxygen atoms in total. The lowest BCUT2D eigenvalue weighted by atomic mass is 10.2. The molecule has 0 atom stereocenters. The number of carbonyl (C=O) groups is 2. The van der Waals surface area contributed by atoms with Crippen LogP contribution in [0.2, 0.25) is 0 Å². The number of aryl methyl sites for hydroxylation is 1. The second-order valence-corrected chi connectivity index (χ2v) is 5.10. The van der Waals surface area contributed by atoms with Crippen molar-refractivity contribution in [2.24, 2.45) is 5.73 Å². The maximum Gasteiger partial charge on any atom is 0.314 e. The summed E-state index contributed by atoms with van der Waals surface area (Å²) in [5.74, 6) is 0.505. The van der Waals surface area contributed by atoms with E-state index >= 15 is 0 Å². The van der Waals surface area contributed by atoms with Crippen LogP contribution in [0.5, 0.6) is 0 Å². The molecule has 1 aromatic heterocycles. The number of primary amides is 1. The van der Waals surface area contributed by atoms with Gasteiger partial charge in [0, 0.05) is 14.1 Å². The number of fused-ring (bicyclic) bond motifs is 1. The Hall–Kier alpha value is -2.57. The Morgan fingerprint density at radius 3 is 2.62 bits per heavy atom. The van der Waals surface area contributed by atoms with Crippen LogP contribution in [0, 0.1) is 6.92 Å². The molecule has 0 aliphatic rings. The Bertz CT molecular complexity index is 679. The number of aromatic amines is 1. The first kappa shape index (κ1) is 14.8. The van der Waals surface area contributed by atoms with Gasteiger partial charge in [-0.2, -0.15) is 0 Å². The van der Waals surface area contributed by atoms with Crippen molar-refractivity contribution in [2.75, 3.05) is 20.6 Å². The van der Waals surface area contributed by atoms with Gasteiger partial charge in [-0.15, -0.1) is 0 Å². The molecule has 2 aromatic rings. The average Bonchev–Trinajstić information content (AvgIpc) is 2.82. The minimum Gasteiger partial charge on any atom is -0.351 e. The Morgan fingerprint density at radius 2 is 2.00 bits per heavy atom. The van der Waals surface area contributed by atoms with Gasteiger partial charge >= 0.3 is 6.03 Å². The van der Waals surface area contributed by atoms with Crippen molar-refractivity contribution in [3.63, 3.8) is 0 Å². The number of hydrogen-bond acceptors (Lipinski definition) is 3. The Morgan fingerprint density at radius 1 is 1.29 bits per heavy atom. The third-order valence-corrected chi connectivity index (χ3v) is 3.32. The van der Waals surface area contributed by atoms with Gasteiger partial charge in [0.2, 0.25) is 5.91 Å². The Balaban J connectivity index is 2.07. The topological polar surface area (TPSA) is 95.3 Å². The number of benzene rings is 1. The quantitative estimate of drug-likeness (QED) is 0.873. The molecule has 0 unspecified atom stereocenters. The summed E-state index contributed by atoms with van der Waals surface area (Å²) in [5, 5.41) is 0. The van der Waals surface area contributed by atoms with Crippen molar-refractivity contribution in [3.05, 3.63) is 29.6 Å². The number of urea groups is 1. The smallest absolute Gasteiger partial charge is 0.314 e. The molecule has 0 saturated heterocycles. The molecular formula is C14H19N5O2. The van der Waals surface area contributed by atoms with E-state index in [0.717, 1.165) is 16.6 Å². The van der Waals surface area contributed by atoms with E-state index in [0.29, 0.717) is 12.4 Å². The van der Waals surface area contributed by atoms with Gasteiger partial charge in [-0.25, -0.2) is 9.78 Å². The first-order valence-corrected chi connectivity index (χ1v) is 6.57. The summed E-state index contributed by atoms with van der Waals surface area (Å²) < 4.78 is 0. The van der Waals surface area contributed by atoms with E-state index < -0.39 is 6.03 Å². The van der Waals surface area contributed by atoms with Gasteiger partial charge < -0.3 is 20.5 Å². The van der Waals surface area contributed by atoms with Gasteiger partial charge in [-0.3, -0.25) is 4.79 Å². The Labute approximate surface area is 122 Å². The number of imidazole rings is 1.